The van der Waals surface area contributed by atoms with E-state index in [1.807, 2.05) is 0 Å². The first-order valence-electron chi connectivity index (χ1n) is 3.43. The topological polar surface area (TPSA) is 46.5 Å². The van der Waals surface area contributed by atoms with E-state index in [1.54, 1.807) is 0 Å². The molecular weight excluding hydrogens is 323 g/mol. The number of carbonyl (C=O) groups is 1. The molecule has 1 rings (SSSR count). The van der Waals surface area contributed by atoms with Gasteiger partial charge >= 0.3 is 5.97 Å². The Morgan fingerprint density at radius 2 is 2.07 bits per heavy atom. The molecule has 76 valence electrons. The molecule has 0 atom stereocenters. The highest BCUT2D eigenvalue weighted by Gasteiger charge is 2.21. The van der Waals surface area contributed by atoms with Crippen molar-refractivity contribution < 1.29 is 19.0 Å². The summed E-state index contributed by atoms with van der Waals surface area (Å²) < 4.78 is 18.7. The molecule has 0 unspecified atom stereocenters. The molecule has 1 N–H and O–H groups in total. The van der Waals surface area contributed by atoms with Crippen LogP contribution in [0.25, 0.3) is 0 Å². The van der Waals surface area contributed by atoms with E-state index in [2.05, 4.69) is 31.9 Å². The van der Waals surface area contributed by atoms with E-state index in [0.717, 1.165) is 0 Å². The number of methoxy groups -OCH3 is 1. The molecule has 0 aromatic heterocycles. The van der Waals surface area contributed by atoms with E-state index in [9.17, 15) is 9.18 Å². The first kappa shape index (κ1) is 11.5. The largest absolute Gasteiger partial charge is 0.492 e. The van der Waals surface area contributed by atoms with E-state index >= 15 is 0 Å². The molecule has 0 aliphatic heterocycles. The molecule has 0 saturated carbocycles. The predicted octanol–water partition coefficient (Wildman–Crippen LogP) is 3.06. The minimum Gasteiger partial charge on any atom is -0.492 e. The zero-order valence-corrected chi connectivity index (χ0v) is 10.1. The van der Waals surface area contributed by atoms with Crippen LogP contribution < -0.4 is 4.74 Å². The van der Waals surface area contributed by atoms with Crippen LogP contribution in [-0.2, 0) is 0 Å². The maximum absolute atomic E-state index is 13.5. The molecule has 1 aromatic carbocycles. The summed E-state index contributed by atoms with van der Waals surface area (Å²) in [6.07, 6.45) is 0. The van der Waals surface area contributed by atoms with Crippen molar-refractivity contribution in [2.24, 2.45) is 0 Å². The van der Waals surface area contributed by atoms with Crippen LogP contribution in [0.15, 0.2) is 15.0 Å². The molecule has 14 heavy (non-hydrogen) atoms. The molecule has 0 fully saturated rings. The number of hydrogen-bond acceptors (Lipinski definition) is 2. The lowest BCUT2D eigenvalue weighted by molar-refractivity contribution is 0.0690. The van der Waals surface area contributed by atoms with Gasteiger partial charge in [-0.05, 0) is 37.9 Å². The van der Waals surface area contributed by atoms with E-state index < -0.39 is 17.3 Å². The lowest BCUT2D eigenvalue weighted by Gasteiger charge is -2.08. The predicted molar refractivity (Wildman–Crippen MR) is 55.3 cm³/mol. The smallest absolute Gasteiger partial charge is 0.339 e. The minimum atomic E-state index is -1.35. The molecule has 0 bridgehead atoms. The Morgan fingerprint density at radius 1 is 1.50 bits per heavy atom. The van der Waals surface area contributed by atoms with Crippen molar-refractivity contribution in [3.05, 3.63) is 26.4 Å². The second-order valence-electron chi connectivity index (χ2n) is 2.37. The molecule has 0 aliphatic carbocycles. The summed E-state index contributed by atoms with van der Waals surface area (Å²) in [5, 5.41) is 8.72. The van der Waals surface area contributed by atoms with Gasteiger partial charge in [0.15, 0.2) is 11.6 Å². The quantitative estimate of drug-likeness (QED) is 0.908. The normalized spacial score (nSPS) is 10.0. The number of rotatable bonds is 2. The van der Waals surface area contributed by atoms with Gasteiger partial charge in [0.1, 0.15) is 5.56 Å². The zero-order valence-electron chi connectivity index (χ0n) is 6.97. The summed E-state index contributed by atoms with van der Waals surface area (Å²) in [4.78, 5) is 10.7. The highest BCUT2D eigenvalue weighted by molar-refractivity contribution is 9.11. The van der Waals surface area contributed by atoms with Gasteiger partial charge in [-0.25, -0.2) is 9.18 Å². The summed E-state index contributed by atoms with van der Waals surface area (Å²) in [6, 6.07) is 1.42. The van der Waals surface area contributed by atoms with Crippen LogP contribution in [0.2, 0.25) is 0 Å². The molecular formula is C8H5Br2FO3. The van der Waals surface area contributed by atoms with E-state index in [-0.39, 0.29) is 10.2 Å². The van der Waals surface area contributed by atoms with Gasteiger partial charge in [-0.3, -0.25) is 0 Å². The van der Waals surface area contributed by atoms with Crippen LogP contribution in [-0.4, -0.2) is 18.2 Å². The Balaban J connectivity index is 3.52. The van der Waals surface area contributed by atoms with Gasteiger partial charge in [0.05, 0.1) is 11.6 Å². The number of benzene rings is 1. The van der Waals surface area contributed by atoms with Gasteiger partial charge in [0, 0.05) is 4.47 Å². The maximum atomic E-state index is 13.5. The Morgan fingerprint density at radius 3 is 2.50 bits per heavy atom. The lowest BCUT2D eigenvalue weighted by atomic mass is 10.2. The van der Waals surface area contributed by atoms with Gasteiger partial charge in [0.25, 0.3) is 0 Å². The standard InChI is InChI=1S/C8H5Br2FO3/c1-14-7-4(10)2-3(9)5(6(7)11)8(12)13/h2H,1H3,(H,12,13). The molecule has 0 radical (unpaired) electrons. The van der Waals surface area contributed by atoms with Crippen molar-refractivity contribution in [1.29, 1.82) is 0 Å². The fraction of sp³-hybridized carbons (Fsp3) is 0.125. The molecule has 0 spiro atoms. The number of carboxylic acids is 1. The first-order valence-corrected chi connectivity index (χ1v) is 5.02. The van der Waals surface area contributed by atoms with Crippen molar-refractivity contribution >= 4 is 37.8 Å². The number of carboxylic acid groups (broad SMARTS) is 1. The fourth-order valence-electron chi connectivity index (χ4n) is 0.955. The second kappa shape index (κ2) is 4.27. The van der Waals surface area contributed by atoms with Gasteiger partial charge in [-0.1, -0.05) is 0 Å². The third-order valence-electron chi connectivity index (χ3n) is 1.55. The van der Waals surface area contributed by atoms with E-state index in [4.69, 9.17) is 9.84 Å². The summed E-state index contributed by atoms with van der Waals surface area (Å²) >= 11 is 6.01. The van der Waals surface area contributed by atoms with Crippen LogP contribution in [0.1, 0.15) is 10.4 Å². The Labute approximate surface area is 96.1 Å². The summed E-state index contributed by atoms with van der Waals surface area (Å²) in [5.74, 6) is -2.37. The zero-order chi connectivity index (χ0) is 10.9. The van der Waals surface area contributed by atoms with Crippen LogP contribution >= 0.6 is 31.9 Å². The maximum Gasteiger partial charge on any atom is 0.339 e. The Kier molecular flexibility index (Phi) is 3.49. The number of hydrogen-bond donors (Lipinski definition) is 1. The summed E-state index contributed by atoms with van der Waals surface area (Å²) in [7, 11) is 1.27. The molecule has 6 heteroatoms. The van der Waals surface area contributed by atoms with Gasteiger partial charge < -0.3 is 9.84 Å². The van der Waals surface area contributed by atoms with Crippen molar-refractivity contribution in [2.75, 3.05) is 7.11 Å². The highest BCUT2D eigenvalue weighted by Crippen LogP contribution is 2.35. The van der Waals surface area contributed by atoms with E-state index in [0.29, 0.717) is 4.47 Å². The van der Waals surface area contributed by atoms with Crippen molar-refractivity contribution in [3.8, 4) is 5.75 Å². The monoisotopic (exact) mass is 326 g/mol. The van der Waals surface area contributed by atoms with Crippen LogP contribution in [0.5, 0.6) is 5.75 Å². The molecule has 0 saturated heterocycles. The summed E-state index contributed by atoms with van der Waals surface area (Å²) in [6.45, 7) is 0. The second-order valence-corrected chi connectivity index (χ2v) is 4.08. The lowest BCUT2D eigenvalue weighted by Crippen LogP contribution is -2.04. The van der Waals surface area contributed by atoms with E-state index in [1.165, 1.54) is 13.2 Å². The van der Waals surface area contributed by atoms with Crippen LogP contribution in [0.3, 0.4) is 0 Å². The van der Waals surface area contributed by atoms with Gasteiger partial charge in [-0.2, -0.15) is 0 Å². The van der Waals surface area contributed by atoms with Crippen molar-refractivity contribution in [2.45, 2.75) is 0 Å². The molecule has 0 amide bonds. The third kappa shape index (κ3) is 1.90. The summed E-state index contributed by atoms with van der Waals surface area (Å²) in [5.41, 5.74) is -0.440. The average Bonchev–Trinajstić information content (AvgIpc) is 2.02. The fourth-order valence-corrected chi connectivity index (χ4v) is 2.40. The number of aromatic carboxylic acids is 1. The van der Waals surface area contributed by atoms with Gasteiger partial charge in [-0.15, -0.1) is 0 Å². The number of halogens is 3. The Bertz CT molecular complexity index is 393. The van der Waals surface area contributed by atoms with Crippen LogP contribution in [0, 0.1) is 5.82 Å². The average molecular weight is 328 g/mol. The van der Waals surface area contributed by atoms with Gasteiger partial charge in [0.2, 0.25) is 0 Å². The SMILES string of the molecule is COc1c(Br)cc(Br)c(C(=O)O)c1F. The third-order valence-corrected chi connectivity index (χ3v) is 2.76. The first-order chi connectivity index (χ1) is 6.49. The molecule has 1 aromatic rings. The van der Waals surface area contributed by atoms with Crippen molar-refractivity contribution in [3.63, 3.8) is 0 Å². The Hall–Kier alpha value is -0.620. The molecule has 3 nitrogen and oxygen atoms in total. The molecule has 0 heterocycles. The number of ether oxygens (including phenoxy) is 1. The molecule has 0 aliphatic rings. The van der Waals surface area contributed by atoms with Crippen LogP contribution in [0.4, 0.5) is 4.39 Å². The minimum absolute atomic E-state index is 0.120. The van der Waals surface area contributed by atoms with Crippen molar-refractivity contribution in [1.82, 2.24) is 0 Å². The highest BCUT2D eigenvalue weighted by atomic mass is 79.9.